The third kappa shape index (κ3) is 1.11. The number of benzene rings is 2. The maximum absolute atomic E-state index is 10.9. The number of hydrogen-bond acceptors (Lipinski definition) is 1. The maximum atomic E-state index is 10.9. The molecule has 2 aliphatic rings. The molecule has 0 saturated heterocycles. The molecule has 0 amide bonds. The molecule has 2 aromatic rings. The van der Waals surface area contributed by atoms with Crippen LogP contribution >= 0.6 is 0 Å². The van der Waals surface area contributed by atoms with E-state index in [9.17, 15) is 4.79 Å². The minimum atomic E-state index is 0.570. The number of rotatable bonds is 1. The minimum Gasteiger partial charge on any atom is -0.298 e. The van der Waals surface area contributed by atoms with E-state index in [2.05, 4.69) is 30.4 Å². The zero-order valence-electron chi connectivity index (χ0n) is 9.39. The summed E-state index contributed by atoms with van der Waals surface area (Å²) in [6.45, 7) is 0. The van der Waals surface area contributed by atoms with Crippen molar-refractivity contribution in [3.63, 3.8) is 0 Å². The molecule has 82 valence electrons. The van der Waals surface area contributed by atoms with E-state index in [1.807, 2.05) is 12.1 Å². The Kier molecular flexibility index (Phi) is 1.66. The van der Waals surface area contributed by atoms with Crippen molar-refractivity contribution in [3.8, 4) is 0 Å². The van der Waals surface area contributed by atoms with Crippen LogP contribution in [0.3, 0.4) is 0 Å². The first-order chi connectivity index (χ1) is 8.36. The Morgan fingerprint density at radius 3 is 2.76 bits per heavy atom. The van der Waals surface area contributed by atoms with Gasteiger partial charge in [0.25, 0.3) is 0 Å². The lowest BCUT2D eigenvalue weighted by atomic mass is 9.91. The van der Waals surface area contributed by atoms with Gasteiger partial charge in [0.2, 0.25) is 0 Å². The van der Waals surface area contributed by atoms with Crippen molar-refractivity contribution in [1.29, 1.82) is 0 Å². The fourth-order valence-corrected chi connectivity index (χ4v) is 3.33. The highest BCUT2D eigenvalue weighted by Crippen LogP contribution is 2.50. The SMILES string of the molecule is O=Cc1ccc2ccc3c(c2c1)C1C=CC3C1. The second kappa shape index (κ2) is 3.07. The Bertz CT molecular complexity index is 667. The molecule has 2 atom stereocenters. The summed E-state index contributed by atoms with van der Waals surface area (Å²) in [4.78, 5) is 10.9. The van der Waals surface area contributed by atoms with E-state index in [0.29, 0.717) is 11.8 Å². The van der Waals surface area contributed by atoms with E-state index in [1.165, 1.54) is 28.3 Å². The van der Waals surface area contributed by atoms with Gasteiger partial charge in [0, 0.05) is 17.4 Å². The fourth-order valence-electron chi connectivity index (χ4n) is 3.33. The predicted octanol–water partition coefficient (Wildman–Crippen LogP) is 3.79. The first kappa shape index (κ1) is 9.17. The topological polar surface area (TPSA) is 17.1 Å². The Labute approximate surface area is 99.8 Å². The van der Waals surface area contributed by atoms with Gasteiger partial charge >= 0.3 is 0 Å². The van der Waals surface area contributed by atoms with Gasteiger partial charge < -0.3 is 0 Å². The lowest BCUT2D eigenvalue weighted by molar-refractivity contribution is 0.112. The highest BCUT2D eigenvalue weighted by Gasteiger charge is 2.33. The van der Waals surface area contributed by atoms with Gasteiger partial charge in [-0.1, -0.05) is 36.4 Å². The van der Waals surface area contributed by atoms with Crippen LogP contribution in [0.2, 0.25) is 0 Å². The van der Waals surface area contributed by atoms with Gasteiger partial charge in [0.1, 0.15) is 6.29 Å². The van der Waals surface area contributed by atoms with E-state index >= 15 is 0 Å². The quantitative estimate of drug-likeness (QED) is 0.528. The first-order valence-electron chi connectivity index (χ1n) is 6.07. The molecular formula is C16H12O. The molecule has 0 saturated carbocycles. The van der Waals surface area contributed by atoms with Gasteiger partial charge in [-0.3, -0.25) is 4.79 Å². The molecule has 0 radical (unpaired) electrons. The molecule has 0 aromatic heterocycles. The maximum Gasteiger partial charge on any atom is 0.150 e. The first-order valence-corrected chi connectivity index (χ1v) is 6.07. The lowest BCUT2D eigenvalue weighted by Gasteiger charge is -2.13. The second-order valence-electron chi connectivity index (χ2n) is 5.00. The Balaban J connectivity index is 2.10. The van der Waals surface area contributed by atoms with Gasteiger partial charge in [-0.2, -0.15) is 0 Å². The van der Waals surface area contributed by atoms with Crippen LogP contribution in [0.4, 0.5) is 0 Å². The number of hydrogen-bond donors (Lipinski definition) is 0. The van der Waals surface area contributed by atoms with E-state index in [-0.39, 0.29) is 0 Å². The van der Waals surface area contributed by atoms with Crippen molar-refractivity contribution in [1.82, 2.24) is 0 Å². The zero-order chi connectivity index (χ0) is 11.4. The molecule has 4 rings (SSSR count). The van der Waals surface area contributed by atoms with Crippen LogP contribution in [0.1, 0.15) is 39.7 Å². The summed E-state index contributed by atoms with van der Waals surface area (Å²) < 4.78 is 0. The Morgan fingerprint density at radius 2 is 1.88 bits per heavy atom. The highest BCUT2D eigenvalue weighted by atomic mass is 16.1. The standard InChI is InChI=1S/C16H12O/c17-9-10-1-2-11-5-6-14-12-3-4-13(8-12)16(14)15(11)7-10/h1-7,9,12-13H,8H2. The minimum absolute atomic E-state index is 0.570. The molecule has 2 aliphatic carbocycles. The zero-order valence-corrected chi connectivity index (χ0v) is 9.39. The molecule has 0 fully saturated rings. The number of carbonyl (C=O) groups is 1. The second-order valence-corrected chi connectivity index (χ2v) is 5.00. The molecule has 2 aromatic carbocycles. The van der Waals surface area contributed by atoms with Crippen molar-refractivity contribution in [2.75, 3.05) is 0 Å². The molecule has 1 nitrogen and oxygen atoms in total. The number of allylic oxidation sites excluding steroid dienone is 2. The smallest absolute Gasteiger partial charge is 0.150 e. The normalized spacial score (nSPS) is 24.2. The molecule has 2 bridgehead atoms. The number of aldehydes is 1. The van der Waals surface area contributed by atoms with Crippen molar-refractivity contribution >= 4 is 17.1 Å². The van der Waals surface area contributed by atoms with Crippen LogP contribution in [0, 0.1) is 0 Å². The van der Waals surface area contributed by atoms with Crippen molar-refractivity contribution in [2.24, 2.45) is 0 Å². The third-order valence-electron chi connectivity index (χ3n) is 4.11. The van der Waals surface area contributed by atoms with Crippen LogP contribution in [-0.4, -0.2) is 6.29 Å². The van der Waals surface area contributed by atoms with Crippen molar-refractivity contribution < 1.29 is 4.79 Å². The monoisotopic (exact) mass is 220 g/mol. The predicted molar refractivity (Wildman–Crippen MR) is 68.6 cm³/mol. The average Bonchev–Trinajstić information content (AvgIpc) is 2.99. The number of fused-ring (bicyclic) bond motifs is 7. The Hall–Kier alpha value is -1.89. The third-order valence-corrected chi connectivity index (χ3v) is 4.11. The Morgan fingerprint density at radius 1 is 1.06 bits per heavy atom. The molecular weight excluding hydrogens is 208 g/mol. The van der Waals surface area contributed by atoms with Crippen LogP contribution in [-0.2, 0) is 0 Å². The molecule has 1 heteroatoms. The van der Waals surface area contributed by atoms with Gasteiger partial charge in [-0.15, -0.1) is 0 Å². The van der Waals surface area contributed by atoms with E-state index in [1.54, 1.807) is 0 Å². The summed E-state index contributed by atoms with van der Waals surface area (Å²) in [5, 5.41) is 2.51. The van der Waals surface area contributed by atoms with Gasteiger partial charge in [0.05, 0.1) is 0 Å². The molecule has 0 spiro atoms. The van der Waals surface area contributed by atoms with Gasteiger partial charge in [-0.05, 0) is 34.4 Å². The summed E-state index contributed by atoms with van der Waals surface area (Å²) in [5.41, 5.74) is 3.70. The van der Waals surface area contributed by atoms with Crippen LogP contribution < -0.4 is 0 Å². The molecule has 0 N–H and O–H groups in total. The summed E-state index contributed by atoms with van der Waals surface area (Å²) >= 11 is 0. The summed E-state index contributed by atoms with van der Waals surface area (Å²) in [5.74, 6) is 1.18. The lowest BCUT2D eigenvalue weighted by Crippen LogP contribution is -1.95. The van der Waals surface area contributed by atoms with E-state index < -0.39 is 0 Å². The molecule has 0 heterocycles. The largest absolute Gasteiger partial charge is 0.298 e. The van der Waals surface area contributed by atoms with Crippen molar-refractivity contribution in [2.45, 2.75) is 18.3 Å². The summed E-state index contributed by atoms with van der Waals surface area (Å²) in [7, 11) is 0. The van der Waals surface area contributed by atoms with Crippen LogP contribution in [0.15, 0.2) is 42.5 Å². The van der Waals surface area contributed by atoms with Crippen LogP contribution in [0.5, 0.6) is 0 Å². The fraction of sp³-hybridized carbons (Fsp3) is 0.188. The average molecular weight is 220 g/mol. The van der Waals surface area contributed by atoms with Gasteiger partial charge in [0.15, 0.2) is 0 Å². The van der Waals surface area contributed by atoms with E-state index in [0.717, 1.165) is 11.8 Å². The van der Waals surface area contributed by atoms with Crippen LogP contribution in [0.25, 0.3) is 10.8 Å². The highest BCUT2D eigenvalue weighted by molar-refractivity contribution is 5.93. The number of carbonyl (C=O) groups excluding carboxylic acids is 1. The molecule has 2 unspecified atom stereocenters. The molecule has 0 aliphatic heterocycles. The van der Waals surface area contributed by atoms with E-state index in [4.69, 9.17) is 0 Å². The summed E-state index contributed by atoms with van der Waals surface area (Å²) in [6, 6.07) is 10.4. The van der Waals surface area contributed by atoms with Crippen molar-refractivity contribution in [3.05, 3.63) is 59.2 Å². The molecule has 17 heavy (non-hydrogen) atoms. The summed E-state index contributed by atoms with van der Waals surface area (Å²) in [6.07, 6.45) is 6.80. The van der Waals surface area contributed by atoms with Gasteiger partial charge in [-0.25, -0.2) is 0 Å².